The van der Waals surface area contributed by atoms with Gasteiger partial charge in [-0.05, 0) is 58.7 Å². The molecule has 0 saturated carbocycles. The average Bonchev–Trinajstić information content (AvgIpc) is 2.80. The van der Waals surface area contributed by atoms with Crippen LogP contribution in [0, 0.1) is 22.7 Å². The van der Waals surface area contributed by atoms with E-state index < -0.39 is 0 Å². The Kier molecular flexibility index (Phi) is 5.43. The molecule has 0 bridgehead atoms. The zero-order chi connectivity index (χ0) is 20.1. The summed E-state index contributed by atoms with van der Waals surface area (Å²) in [7, 11) is 0. The maximum Gasteiger partial charge on any atom is 0.0991 e. The predicted octanol–water partition coefficient (Wildman–Crippen LogP) is 6.92. The maximum atomic E-state index is 9.24. The molecular weight excluding hydrogens is 372 g/mol. The Morgan fingerprint density at radius 1 is 0.517 bits per heavy atom. The van der Waals surface area contributed by atoms with Crippen LogP contribution in [0.25, 0.3) is 22.3 Å². The molecule has 3 heteroatoms. The third kappa shape index (κ3) is 4.06. The highest BCUT2D eigenvalue weighted by molar-refractivity contribution is 7.99. The minimum absolute atomic E-state index is 0.649. The van der Waals surface area contributed by atoms with Crippen molar-refractivity contribution in [1.82, 2.24) is 0 Å². The van der Waals surface area contributed by atoms with Gasteiger partial charge in [-0.1, -0.05) is 72.4 Å². The van der Waals surface area contributed by atoms with Gasteiger partial charge in [0, 0.05) is 9.79 Å². The number of nitriles is 2. The average molecular weight is 388 g/mol. The van der Waals surface area contributed by atoms with Crippen molar-refractivity contribution in [3.05, 3.63) is 108 Å². The van der Waals surface area contributed by atoms with E-state index in [4.69, 9.17) is 0 Å². The van der Waals surface area contributed by atoms with Gasteiger partial charge < -0.3 is 0 Å². The molecule has 0 aliphatic carbocycles. The number of rotatable bonds is 4. The van der Waals surface area contributed by atoms with E-state index in [-0.39, 0.29) is 0 Å². The smallest absolute Gasteiger partial charge is 0.0991 e. The van der Waals surface area contributed by atoms with E-state index in [9.17, 15) is 10.5 Å². The molecule has 0 heterocycles. The Labute approximate surface area is 174 Å². The Morgan fingerprint density at radius 3 is 1.41 bits per heavy atom. The first kappa shape index (κ1) is 18.6. The Hall–Kier alpha value is -3.79. The normalized spacial score (nSPS) is 10.1. The van der Waals surface area contributed by atoms with Crippen molar-refractivity contribution in [2.75, 3.05) is 0 Å². The molecule has 0 spiro atoms. The number of hydrogen-bond acceptors (Lipinski definition) is 3. The van der Waals surface area contributed by atoms with Crippen molar-refractivity contribution < 1.29 is 0 Å². The molecule has 0 atom stereocenters. The van der Waals surface area contributed by atoms with Gasteiger partial charge in [-0.25, -0.2) is 0 Å². The fourth-order valence-corrected chi connectivity index (χ4v) is 4.34. The molecule has 4 aromatic carbocycles. The zero-order valence-corrected chi connectivity index (χ0v) is 16.4. The first-order valence-electron chi connectivity index (χ1n) is 9.15. The third-order valence-electron chi connectivity index (χ3n) is 4.60. The van der Waals surface area contributed by atoms with Gasteiger partial charge in [-0.3, -0.25) is 0 Å². The predicted molar refractivity (Wildman–Crippen MR) is 117 cm³/mol. The molecule has 0 radical (unpaired) electrons. The first-order chi connectivity index (χ1) is 14.3. The molecular formula is C26H16N2S. The van der Waals surface area contributed by atoms with E-state index in [1.165, 1.54) is 0 Å². The van der Waals surface area contributed by atoms with Crippen LogP contribution in [0.1, 0.15) is 11.1 Å². The topological polar surface area (TPSA) is 47.6 Å². The lowest BCUT2D eigenvalue weighted by molar-refractivity contribution is 1.39. The lowest BCUT2D eigenvalue weighted by Crippen LogP contribution is -1.87. The van der Waals surface area contributed by atoms with Crippen LogP contribution in [0.3, 0.4) is 0 Å². The molecule has 0 fully saturated rings. The minimum Gasteiger partial charge on any atom is -0.192 e. The highest BCUT2D eigenvalue weighted by Crippen LogP contribution is 2.40. The van der Waals surface area contributed by atoms with Crippen molar-refractivity contribution in [3.8, 4) is 34.4 Å². The highest BCUT2D eigenvalue weighted by atomic mass is 32.2. The number of nitrogens with zero attached hydrogens (tertiary/aromatic N) is 2. The molecule has 0 N–H and O–H groups in total. The molecule has 29 heavy (non-hydrogen) atoms. The van der Waals surface area contributed by atoms with Gasteiger partial charge in [0.15, 0.2) is 0 Å². The Morgan fingerprint density at radius 2 is 0.966 bits per heavy atom. The Balaban J connectivity index is 1.77. The molecule has 0 unspecified atom stereocenters. The van der Waals surface area contributed by atoms with Gasteiger partial charge in [-0.2, -0.15) is 10.5 Å². The third-order valence-corrected chi connectivity index (χ3v) is 5.75. The lowest BCUT2D eigenvalue weighted by Gasteiger charge is -2.13. The molecule has 136 valence electrons. The standard InChI is InChI=1S/C26H16N2S/c27-17-19-7-5-9-21(15-19)23-11-1-3-13-25(23)29-26-14-4-2-12-24(26)22-10-6-8-20(16-22)18-28/h1-16H. The monoisotopic (exact) mass is 388 g/mol. The van der Waals surface area contributed by atoms with Crippen molar-refractivity contribution in [2.45, 2.75) is 9.79 Å². The summed E-state index contributed by atoms with van der Waals surface area (Å²) < 4.78 is 0. The summed E-state index contributed by atoms with van der Waals surface area (Å²) in [4.78, 5) is 2.23. The van der Waals surface area contributed by atoms with Crippen LogP contribution in [-0.2, 0) is 0 Å². The summed E-state index contributed by atoms with van der Waals surface area (Å²) in [6, 6.07) is 36.2. The lowest BCUT2D eigenvalue weighted by atomic mass is 10.0. The summed E-state index contributed by atoms with van der Waals surface area (Å²) in [5, 5.41) is 18.5. The van der Waals surface area contributed by atoms with E-state index in [1.54, 1.807) is 11.8 Å². The van der Waals surface area contributed by atoms with Crippen LogP contribution >= 0.6 is 11.8 Å². The van der Waals surface area contributed by atoms with Gasteiger partial charge >= 0.3 is 0 Å². The van der Waals surface area contributed by atoms with Gasteiger partial charge in [0.05, 0.1) is 23.3 Å². The fourth-order valence-electron chi connectivity index (χ4n) is 3.22. The van der Waals surface area contributed by atoms with Crippen LogP contribution in [-0.4, -0.2) is 0 Å². The summed E-state index contributed by atoms with van der Waals surface area (Å²) in [6.07, 6.45) is 0. The van der Waals surface area contributed by atoms with Crippen molar-refractivity contribution in [3.63, 3.8) is 0 Å². The molecule has 2 nitrogen and oxygen atoms in total. The van der Waals surface area contributed by atoms with Gasteiger partial charge in [0.2, 0.25) is 0 Å². The van der Waals surface area contributed by atoms with Gasteiger partial charge in [0.1, 0.15) is 0 Å². The van der Waals surface area contributed by atoms with E-state index in [0.29, 0.717) is 11.1 Å². The van der Waals surface area contributed by atoms with E-state index in [0.717, 1.165) is 32.0 Å². The molecule has 0 amide bonds. The molecule has 4 aromatic rings. The SMILES string of the molecule is N#Cc1cccc(-c2ccccc2Sc2ccccc2-c2cccc(C#N)c2)c1. The van der Waals surface area contributed by atoms with Crippen LogP contribution in [0.15, 0.2) is 107 Å². The second-order valence-electron chi connectivity index (χ2n) is 6.48. The number of hydrogen-bond donors (Lipinski definition) is 0. The second kappa shape index (κ2) is 8.48. The van der Waals surface area contributed by atoms with E-state index >= 15 is 0 Å². The summed E-state index contributed by atoms with van der Waals surface area (Å²) >= 11 is 1.69. The summed E-state index contributed by atoms with van der Waals surface area (Å²) in [5.74, 6) is 0. The fraction of sp³-hybridized carbons (Fsp3) is 0. The molecule has 0 saturated heterocycles. The van der Waals surface area contributed by atoms with E-state index in [2.05, 4.69) is 36.4 Å². The highest BCUT2D eigenvalue weighted by Gasteiger charge is 2.11. The largest absolute Gasteiger partial charge is 0.192 e. The summed E-state index contributed by atoms with van der Waals surface area (Å²) in [5.41, 5.74) is 5.53. The van der Waals surface area contributed by atoms with Crippen molar-refractivity contribution >= 4 is 11.8 Å². The van der Waals surface area contributed by atoms with Crippen molar-refractivity contribution in [1.29, 1.82) is 10.5 Å². The van der Waals surface area contributed by atoms with Crippen LogP contribution in [0.2, 0.25) is 0 Å². The first-order valence-corrected chi connectivity index (χ1v) is 9.97. The van der Waals surface area contributed by atoms with Gasteiger partial charge in [-0.15, -0.1) is 0 Å². The molecule has 4 rings (SSSR count). The summed E-state index contributed by atoms with van der Waals surface area (Å²) in [6.45, 7) is 0. The van der Waals surface area contributed by atoms with Crippen LogP contribution < -0.4 is 0 Å². The molecule has 0 aliphatic rings. The van der Waals surface area contributed by atoms with Gasteiger partial charge in [0.25, 0.3) is 0 Å². The second-order valence-corrected chi connectivity index (χ2v) is 7.56. The van der Waals surface area contributed by atoms with Crippen LogP contribution in [0.4, 0.5) is 0 Å². The Bertz CT molecular complexity index is 1160. The number of benzene rings is 4. The quantitative estimate of drug-likeness (QED) is 0.381. The minimum atomic E-state index is 0.649. The maximum absolute atomic E-state index is 9.24. The molecule has 0 aromatic heterocycles. The molecule has 0 aliphatic heterocycles. The van der Waals surface area contributed by atoms with Crippen LogP contribution in [0.5, 0.6) is 0 Å². The zero-order valence-electron chi connectivity index (χ0n) is 15.5. The van der Waals surface area contributed by atoms with E-state index in [1.807, 2.05) is 72.8 Å². The van der Waals surface area contributed by atoms with Crippen molar-refractivity contribution in [2.24, 2.45) is 0 Å².